The van der Waals surface area contributed by atoms with Crippen molar-refractivity contribution in [3.05, 3.63) is 36.9 Å². The summed E-state index contributed by atoms with van der Waals surface area (Å²) in [7, 11) is 1.57. The van der Waals surface area contributed by atoms with Crippen LogP contribution in [-0.4, -0.2) is 46.3 Å². The molecule has 0 saturated carbocycles. The minimum Gasteiger partial charge on any atom is -0.495 e. The van der Waals surface area contributed by atoms with Crippen molar-refractivity contribution in [3.63, 3.8) is 0 Å². The molecule has 1 fully saturated rings. The summed E-state index contributed by atoms with van der Waals surface area (Å²) in [6, 6.07) is 7.16. The summed E-state index contributed by atoms with van der Waals surface area (Å²) in [5.74, 6) is 0.510. The highest BCUT2D eigenvalue weighted by Gasteiger charge is 2.32. The molecule has 3 rings (SSSR count). The molecule has 2 heterocycles. The Hall–Kier alpha value is -2.90. The Bertz CT molecular complexity index is 716. The molecule has 1 N–H and O–H groups in total. The predicted octanol–water partition coefficient (Wildman–Crippen LogP) is 0.598. The lowest BCUT2D eigenvalue weighted by Crippen LogP contribution is -2.37. The first-order chi connectivity index (χ1) is 11.7. The van der Waals surface area contributed by atoms with Crippen molar-refractivity contribution in [2.24, 2.45) is 0 Å². The van der Waals surface area contributed by atoms with E-state index in [1.165, 1.54) is 6.33 Å². The summed E-state index contributed by atoms with van der Waals surface area (Å²) < 4.78 is 6.90. The van der Waals surface area contributed by atoms with Gasteiger partial charge in [0.15, 0.2) is 0 Å². The number of methoxy groups -OCH3 is 1. The molecular weight excluding hydrogens is 310 g/mol. The van der Waals surface area contributed by atoms with Crippen LogP contribution in [-0.2, 0) is 16.1 Å². The molecule has 1 aliphatic heterocycles. The largest absolute Gasteiger partial charge is 0.495 e. The summed E-state index contributed by atoms with van der Waals surface area (Å²) in [6.07, 6.45) is 3.57. The average molecular weight is 329 g/mol. The SMILES string of the molecule is COc1ccccc1N1CC(NC(=O)CCn2cncn2)CC1=O. The topological polar surface area (TPSA) is 89.3 Å². The Morgan fingerprint density at radius 2 is 2.25 bits per heavy atom. The number of para-hydroxylation sites is 2. The van der Waals surface area contributed by atoms with Gasteiger partial charge in [-0.25, -0.2) is 4.98 Å². The minimum atomic E-state index is -0.203. The normalized spacial score (nSPS) is 17.1. The van der Waals surface area contributed by atoms with Crippen LogP contribution in [0.3, 0.4) is 0 Å². The van der Waals surface area contributed by atoms with Gasteiger partial charge in [-0.2, -0.15) is 5.10 Å². The van der Waals surface area contributed by atoms with Gasteiger partial charge < -0.3 is 15.0 Å². The number of aryl methyl sites for hydroxylation is 1. The van der Waals surface area contributed by atoms with Crippen molar-refractivity contribution in [2.75, 3.05) is 18.6 Å². The number of amides is 2. The van der Waals surface area contributed by atoms with Crippen LogP contribution in [0.15, 0.2) is 36.9 Å². The number of hydrogen-bond acceptors (Lipinski definition) is 5. The smallest absolute Gasteiger partial charge is 0.229 e. The van der Waals surface area contributed by atoms with Gasteiger partial charge >= 0.3 is 0 Å². The molecule has 1 aromatic heterocycles. The van der Waals surface area contributed by atoms with Crippen molar-refractivity contribution in [3.8, 4) is 5.75 Å². The maximum Gasteiger partial charge on any atom is 0.229 e. The zero-order valence-electron chi connectivity index (χ0n) is 13.4. The van der Waals surface area contributed by atoms with E-state index in [1.54, 1.807) is 23.0 Å². The molecular formula is C16H19N5O3. The third kappa shape index (κ3) is 3.53. The standard InChI is InChI=1S/C16H19N5O3/c1-24-14-5-3-2-4-13(14)21-9-12(8-16(21)23)19-15(22)6-7-20-11-17-10-18-20/h2-5,10-12H,6-9H2,1H3,(H,19,22). The molecule has 24 heavy (non-hydrogen) atoms. The average Bonchev–Trinajstić information content (AvgIpc) is 3.22. The second-order valence-electron chi connectivity index (χ2n) is 5.55. The zero-order valence-corrected chi connectivity index (χ0v) is 13.4. The lowest BCUT2D eigenvalue weighted by atomic mass is 10.2. The number of anilines is 1. The van der Waals surface area contributed by atoms with Crippen LogP contribution >= 0.6 is 0 Å². The molecule has 0 radical (unpaired) electrons. The fourth-order valence-corrected chi connectivity index (χ4v) is 2.75. The predicted molar refractivity (Wildman–Crippen MR) is 86.5 cm³/mol. The van der Waals surface area contributed by atoms with E-state index in [2.05, 4.69) is 15.4 Å². The van der Waals surface area contributed by atoms with Crippen LogP contribution in [0.25, 0.3) is 0 Å². The van der Waals surface area contributed by atoms with Crippen LogP contribution in [0.5, 0.6) is 5.75 Å². The number of nitrogens with zero attached hydrogens (tertiary/aromatic N) is 4. The van der Waals surface area contributed by atoms with Gasteiger partial charge in [-0.15, -0.1) is 0 Å². The lowest BCUT2D eigenvalue weighted by molar-refractivity contribution is -0.122. The van der Waals surface area contributed by atoms with E-state index in [0.717, 1.165) is 5.69 Å². The number of ether oxygens (including phenoxy) is 1. The third-order valence-electron chi connectivity index (χ3n) is 3.90. The van der Waals surface area contributed by atoms with Crippen LogP contribution in [0.4, 0.5) is 5.69 Å². The van der Waals surface area contributed by atoms with Gasteiger partial charge in [-0.1, -0.05) is 12.1 Å². The zero-order chi connectivity index (χ0) is 16.9. The molecule has 2 aromatic rings. The molecule has 8 heteroatoms. The summed E-state index contributed by atoms with van der Waals surface area (Å²) in [5.41, 5.74) is 0.726. The maximum atomic E-state index is 12.3. The van der Waals surface area contributed by atoms with Gasteiger partial charge in [0.05, 0.1) is 25.4 Å². The first-order valence-electron chi connectivity index (χ1n) is 7.72. The fraction of sp³-hybridized carbons (Fsp3) is 0.375. The summed E-state index contributed by atoms with van der Waals surface area (Å²) in [5, 5.41) is 6.86. The molecule has 1 saturated heterocycles. The van der Waals surface area contributed by atoms with Crippen molar-refractivity contribution in [1.29, 1.82) is 0 Å². The van der Waals surface area contributed by atoms with Gasteiger partial charge in [0, 0.05) is 19.4 Å². The molecule has 0 aliphatic carbocycles. The van der Waals surface area contributed by atoms with Crippen LogP contribution in [0, 0.1) is 0 Å². The lowest BCUT2D eigenvalue weighted by Gasteiger charge is -2.19. The Labute approximate surface area is 139 Å². The monoisotopic (exact) mass is 329 g/mol. The number of hydrogen-bond donors (Lipinski definition) is 1. The van der Waals surface area contributed by atoms with E-state index in [1.807, 2.05) is 24.3 Å². The Kier molecular flexibility index (Phi) is 4.74. The first-order valence-corrected chi connectivity index (χ1v) is 7.72. The molecule has 1 unspecified atom stereocenters. The van der Waals surface area contributed by atoms with E-state index in [0.29, 0.717) is 25.3 Å². The van der Waals surface area contributed by atoms with Gasteiger partial charge in [0.2, 0.25) is 11.8 Å². The van der Waals surface area contributed by atoms with Crippen molar-refractivity contribution < 1.29 is 14.3 Å². The second kappa shape index (κ2) is 7.12. The molecule has 1 aromatic carbocycles. The number of nitrogens with one attached hydrogen (secondary N) is 1. The van der Waals surface area contributed by atoms with E-state index in [4.69, 9.17) is 4.74 Å². The van der Waals surface area contributed by atoms with E-state index in [9.17, 15) is 9.59 Å². The Balaban J connectivity index is 1.57. The highest BCUT2D eigenvalue weighted by atomic mass is 16.5. The van der Waals surface area contributed by atoms with E-state index in [-0.39, 0.29) is 24.3 Å². The summed E-state index contributed by atoms with van der Waals surface area (Å²) >= 11 is 0. The maximum absolute atomic E-state index is 12.3. The number of benzene rings is 1. The summed E-state index contributed by atoms with van der Waals surface area (Å²) in [6.45, 7) is 0.900. The van der Waals surface area contributed by atoms with Crippen LogP contribution in [0.2, 0.25) is 0 Å². The molecule has 0 bridgehead atoms. The van der Waals surface area contributed by atoms with Crippen LogP contribution in [0.1, 0.15) is 12.8 Å². The fourth-order valence-electron chi connectivity index (χ4n) is 2.75. The Morgan fingerprint density at radius 1 is 1.42 bits per heavy atom. The van der Waals surface area contributed by atoms with Crippen molar-refractivity contribution in [1.82, 2.24) is 20.1 Å². The molecule has 1 aliphatic rings. The molecule has 126 valence electrons. The minimum absolute atomic E-state index is 0.0268. The van der Waals surface area contributed by atoms with Crippen molar-refractivity contribution >= 4 is 17.5 Å². The highest BCUT2D eigenvalue weighted by Crippen LogP contribution is 2.30. The van der Waals surface area contributed by atoms with Gasteiger partial charge in [0.25, 0.3) is 0 Å². The van der Waals surface area contributed by atoms with Gasteiger partial charge in [-0.3, -0.25) is 14.3 Å². The molecule has 2 amide bonds. The number of rotatable bonds is 6. The molecule has 8 nitrogen and oxygen atoms in total. The van der Waals surface area contributed by atoms with Crippen molar-refractivity contribution in [2.45, 2.75) is 25.4 Å². The van der Waals surface area contributed by atoms with E-state index < -0.39 is 0 Å². The van der Waals surface area contributed by atoms with Crippen LogP contribution < -0.4 is 15.0 Å². The highest BCUT2D eigenvalue weighted by molar-refractivity contribution is 5.98. The number of carbonyl (C=O) groups is 2. The molecule has 0 spiro atoms. The number of carbonyl (C=O) groups excluding carboxylic acids is 2. The quantitative estimate of drug-likeness (QED) is 0.838. The third-order valence-corrected chi connectivity index (χ3v) is 3.90. The second-order valence-corrected chi connectivity index (χ2v) is 5.55. The van der Waals surface area contributed by atoms with Gasteiger partial charge in [0.1, 0.15) is 18.4 Å². The van der Waals surface area contributed by atoms with E-state index >= 15 is 0 Å². The van der Waals surface area contributed by atoms with Gasteiger partial charge in [-0.05, 0) is 12.1 Å². The Morgan fingerprint density at radius 3 is 3.00 bits per heavy atom. The number of aromatic nitrogens is 3. The first kappa shape index (κ1) is 16.0. The molecule has 1 atom stereocenters. The summed E-state index contributed by atoms with van der Waals surface area (Å²) in [4.78, 5) is 29.8.